The van der Waals surface area contributed by atoms with Crippen LogP contribution in [0.25, 0.3) is 0 Å². The largest absolute Gasteiger partial charge is 0.265 e. The zero-order chi connectivity index (χ0) is 8.20. The maximum absolute atomic E-state index is 9.95. The molecule has 0 aliphatic heterocycles. The Morgan fingerprint density at radius 2 is 2.10 bits per heavy atom. The van der Waals surface area contributed by atoms with E-state index in [-0.39, 0.29) is 13.1 Å². The van der Waals surface area contributed by atoms with Gasteiger partial charge in [0.2, 0.25) is 6.54 Å². The van der Waals surface area contributed by atoms with Crippen molar-refractivity contribution in [2.24, 2.45) is 10.6 Å². The fourth-order valence-electron chi connectivity index (χ4n) is 0.574. The molecule has 5 heteroatoms. The van der Waals surface area contributed by atoms with Crippen molar-refractivity contribution in [1.29, 1.82) is 0 Å². The smallest absolute Gasteiger partial charge is 0.210 e. The van der Waals surface area contributed by atoms with Gasteiger partial charge in [0.25, 0.3) is 0 Å². The quantitative estimate of drug-likeness (QED) is 0.338. The van der Waals surface area contributed by atoms with Crippen LogP contribution in [0.5, 0.6) is 0 Å². The fraction of sp³-hybridized carbons (Fsp3) is 1.00. The van der Waals surface area contributed by atoms with E-state index in [2.05, 4.69) is 5.18 Å². The molecule has 0 aromatic rings. The van der Waals surface area contributed by atoms with Crippen molar-refractivity contribution in [2.45, 2.75) is 13.8 Å². The lowest BCUT2D eigenvalue weighted by Crippen LogP contribution is -2.25. The number of nitroso groups, excluding NO2 is 1. The summed E-state index contributed by atoms with van der Waals surface area (Å²) in [6, 6.07) is 0. The molecule has 0 spiro atoms. The Labute approximate surface area is 58.5 Å². The second kappa shape index (κ2) is 3.24. The van der Waals surface area contributed by atoms with E-state index in [1.807, 2.05) is 0 Å². The van der Waals surface area contributed by atoms with Gasteiger partial charge in [-0.1, -0.05) is 19.0 Å². The molecule has 0 unspecified atom stereocenters. The summed E-state index contributed by atoms with van der Waals surface area (Å²) in [4.78, 5) is 19.2. The van der Waals surface area contributed by atoms with Crippen LogP contribution in [0, 0.1) is 20.4 Å². The van der Waals surface area contributed by atoms with Crippen molar-refractivity contribution in [3.8, 4) is 0 Å². The lowest BCUT2D eigenvalue weighted by atomic mass is 9.94. The van der Waals surface area contributed by atoms with Gasteiger partial charge in [0.15, 0.2) is 0 Å². The molecule has 0 rings (SSSR count). The molecular formula is C5H10N2O3. The van der Waals surface area contributed by atoms with Crippen LogP contribution in [0.4, 0.5) is 0 Å². The van der Waals surface area contributed by atoms with Gasteiger partial charge in [-0.05, 0) is 0 Å². The molecule has 0 atom stereocenters. The van der Waals surface area contributed by atoms with Gasteiger partial charge in [-0.15, -0.1) is 0 Å². The highest BCUT2D eigenvalue weighted by Gasteiger charge is 2.24. The highest BCUT2D eigenvalue weighted by atomic mass is 16.6. The van der Waals surface area contributed by atoms with Crippen molar-refractivity contribution in [3.05, 3.63) is 15.0 Å². The minimum Gasteiger partial charge on any atom is -0.265 e. The molecule has 0 amide bonds. The summed E-state index contributed by atoms with van der Waals surface area (Å²) in [5, 5.41) is 12.6. The van der Waals surface area contributed by atoms with Gasteiger partial charge < -0.3 is 0 Å². The highest BCUT2D eigenvalue weighted by Crippen LogP contribution is 2.14. The molecule has 0 saturated carbocycles. The molecule has 0 bridgehead atoms. The van der Waals surface area contributed by atoms with Crippen LogP contribution in [0.2, 0.25) is 0 Å². The maximum atomic E-state index is 9.95. The van der Waals surface area contributed by atoms with Crippen molar-refractivity contribution in [2.75, 3.05) is 13.1 Å². The van der Waals surface area contributed by atoms with Crippen LogP contribution in [-0.4, -0.2) is 18.0 Å². The molecule has 0 heterocycles. The van der Waals surface area contributed by atoms with E-state index in [1.54, 1.807) is 13.8 Å². The molecule has 10 heavy (non-hydrogen) atoms. The van der Waals surface area contributed by atoms with Crippen molar-refractivity contribution >= 4 is 0 Å². The van der Waals surface area contributed by atoms with Crippen LogP contribution in [0.15, 0.2) is 5.18 Å². The SMILES string of the molecule is CC(C)(CN=O)C[N+](=O)[O-]. The average Bonchev–Trinajstić information content (AvgIpc) is 1.59. The first kappa shape index (κ1) is 9.00. The standard InChI is InChI=1S/C5H10N2O3/c1-5(2,3-6-8)4-7(9)10/h3-4H2,1-2H3. The van der Waals surface area contributed by atoms with Crippen LogP contribution in [-0.2, 0) is 0 Å². The number of hydrogen-bond donors (Lipinski definition) is 0. The predicted molar refractivity (Wildman–Crippen MR) is 36.3 cm³/mol. The van der Waals surface area contributed by atoms with Gasteiger partial charge in [-0.3, -0.25) is 10.1 Å². The number of nitrogens with zero attached hydrogens (tertiary/aromatic N) is 2. The minimum absolute atomic E-state index is 0.00597. The first-order valence-corrected chi connectivity index (χ1v) is 2.89. The number of hydrogen-bond acceptors (Lipinski definition) is 4. The molecule has 0 aliphatic rings. The second-order valence-corrected chi connectivity index (χ2v) is 2.94. The zero-order valence-electron chi connectivity index (χ0n) is 6.03. The highest BCUT2D eigenvalue weighted by molar-refractivity contribution is 4.69. The van der Waals surface area contributed by atoms with E-state index >= 15 is 0 Å². The van der Waals surface area contributed by atoms with E-state index in [0.29, 0.717) is 0 Å². The molecule has 58 valence electrons. The third-order valence-electron chi connectivity index (χ3n) is 1.05. The Bertz CT molecular complexity index is 144. The third-order valence-corrected chi connectivity index (χ3v) is 1.05. The molecule has 0 saturated heterocycles. The summed E-state index contributed by atoms with van der Waals surface area (Å²) in [6.45, 7) is 3.06. The van der Waals surface area contributed by atoms with E-state index in [0.717, 1.165) is 0 Å². The first-order valence-electron chi connectivity index (χ1n) is 2.89. The van der Waals surface area contributed by atoms with E-state index < -0.39 is 10.3 Å². The van der Waals surface area contributed by atoms with E-state index in [9.17, 15) is 15.0 Å². The molecule has 0 radical (unpaired) electrons. The summed E-state index contributed by atoms with van der Waals surface area (Å²) >= 11 is 0. The Morgan fingerprint density at radius 1 is 1.60 bits per heavy atom. The third kappa shape index (κ3) is 3.94. The lowest BCUT2D eigenvalue weighted by Gasteiger charge is -2.13. The summed E-state index contributed by atoms with van der Waals surface area (Å²) in [5.41, 5.74) is -0.606. The monoisotopic (exact) mass is 146 g/mol. The van der Waals surface area contributed by atoms with Crippen LogP contribution in [0.1, 0.15) is 13.8 Å². The minimum atomic E-state index is -0.606. The van der Waals surface area contributed by atoms with Crippen molar-refractivity contribution in [3.63, 3.8) is 0 Å². The predicted octanol–water partition coefficient (Wildman–Crippen LogP) is 1.06. The topological polar surface area (TPSA) is 72.6 Å². The van der Waals surface area contributed by atoms with Crippen molar-refractivity contribution < 1.29 is 4.92 Å². The van der Waals surface area contributed by atoms with Gasteiger partial charge in [-0.25, -0.2) is 0 Å². The van der Waals surface area contributed by atoms with E-state index in [4.69, 9.17) is 0 Å². The Kier molecular flexibility index (Phi) is 2.92. The summed E-state index contributed by atoms with van der Waals surface area (Å²) < 4.78 is 0. The lowest BCUT2D eigenvalue weighted by molar-refractivity contribution is -0.494. The van der Waals surface area contributed by atoms with Gasteiger partial charge >= 0.3 is 0 Å². The Morgan fingerprint density at radius 3 is 2.40 bits per heavy atom. The molecule has 0 fully saturated rings. The molecule has 0 aromatic carbocycles. The Hall–Kier alpha value is -1.00. The molecular weight excluding hydrogens is 136 g/mol. The van der Waals surface area contributed by atoms with Crippen LogP contribution in [0.3, 0.4) is 0 Å². The molecule has 5 nitrogen and oxygen atoms in total. The first-order chi connectivity index (χ1) is 4.48. The fourth-order valence-corrected chi connectivity index (χ4v) is 0.574. The van der Waals surface area contributed by atoms with Gasteiger partial charge in [-0.2, -0.15) is 4.91 Å². The molecule has 0 aromatic heterocycles. The second-order valence-electron chi connectivity index (χ2n) is 2.94. The van der Waals surface area contributed by atoms with Crippen LogP contribution < -0.4 is 0 Å². The number of rotatable bonds is 4. The van der Waals surface area contributed by atoms with Gasteiger partial charge in [0, 0.05) is 4.92 Å². The molecule has 0 N–H and O–H groups in total. The summed E-state index contributed by atoms with van der Waals surface area (Å²) in [7, 11) is 0. The van der Waals surface area contributed by atoms with Crippen molar-refractivity contribution in [1.82, 2.24) is 0 Å². The normalized spacial score (nSPS) is 11.0. The van der Waals surface area contributed by atoms with Gasteiger partial charge in [0.1, 0.15) is 0 Å². The van der Waals surface area contributed by atoms with Gasteiger partial charge in [0.05, 0.1) is 12.0 Å². The van der Waals surface area contributed by atoms with Crippen LogP contribution >= 0.6 is 0 Å². The van der Waals surface area contributed by atoms with E-state index in [1.165, 1.54) is 0 Å². The number of nitro groups is 1. The average molecular weight is 146 g/mol. The zero-order valence-corrected chi connectivity index (χ0v) is 6.03. The maximum Gasteiger partial charge on any atom is 0.210 e. The summed E-state index contributed by atoms with van der Waals surface area (Å²) in [6.07, 6.45) is 0. The summed E-state index contributed by atoms with van der Waals surface area (Å²) in [5.74, 6) is 0. The Balaban J connectivity index is 3.85. The molecule has 0 aliphatic carbocycles.